The van der Waals surface area contributed by atoms with Gasteiger partial charge in [0.1, 0.15) is 23.4 Å². The molecule has 3 aromatic carbocycles. The first kappa shape index (κ1) is 27.2. The molecule has 11 heteroatoms. The Morgan fingerprint density at radius 3 is 2.75 bits per heavy atom. The third-order valence-electron chi connectivity index (χ3n) is 7.09. The Balaban J connectivity index is 1.58. The number of anilines is 3. The van der Waals surface area contributed by atoms with Gasteiger partial charge in [0.2, 0.25) is 5.91 Å². The number of amides is 1. The van der Waals surface area contributed by atoms with Gasteiger partial charge in [-0.2, -0.15) is 0 Å². The number of nitrogen functional groups attached to an aromatic ring is 2. The van der Waals surface area contributed by atoms with Crippen LogP contribution in [0.4, 0.5) is 21.6 Å². The number of likely N-dealkylation sites (tertiary alicyclic amines) is 1. The summed E-state index contributed by atoms with van der Waals surface area (Å²) in [5.74, 6) is -0.178. The van der Waals surface area contributed by atoms with Gasteiger partial charge in [0.25, 0.3) is 0 Å². The maximum Gasteiger partial charge on any atom is 0.250 e. The van der Waals surface area contributed by atoms with Gasteiger partial charge >= 0.3 is 0 Å². The van der Waals surface area contributed by atoms with Crippen LogP contribution in [-0.2, 0) is 15.5 Å². The quantitative estimate of drug-likeness (QED) is 0.182. The van der Waals surface area contributed by atoms with Crippen LogP contribution in [0.5, 0.6) is 5.75 Å². The van der Waals surface area contributed by atoms with E-state index in [1.54, 1.807) is 35.4 Å². The number of aromatic nitrogens is 1. The first-order valence-corrected chi connectivity index (χ1v) is 14.1. The highest BCUT2D eigenvalue weighted by Gasteiger charge is 2.37. The zero-order valence-electron chi connectivity index (χ0n) is 21.8. The average Bonchev–Trinajstić information content (AvgIpc) is 3.42. The highest BCUT2D eigenvalue weighted by atomic mass is 32.2. The van der Waals surface area contributed by atoms with Gasteiger partial charge in [-0.15, -0.1) is 0 Å². The highest BCUT2D eigenvalue weighted by molar-refractivity contribution is 7.72. The zero-order chi connectivity index (χ0) is 28.4. The van der Waals surface area contributed by atoms with Crippen molar-refractivity contribution in [3.63, 3.8) is 0 Å². The SMILES string of the molecule is CCOc1ccc(F)c([C@@H](Nc2ccc3c(N)nccc3c2)C(=O)N2CCC[C@@H]2c2cc(N)ccc2[SH](=O)=O)c1. The summed E-state index contributed by atoms with van der Waals surface area (Å²) in [4.78, 5) is 20.1. The molecule has 2 atom stereocenters. The molecule has 0 aliphatic carbocycles. The molecule has 1 fully saturated rings. The Morgan fingerprint density at radius 2 is 1.98 bits per heavy atom. The second-order valence-corrected chi connectivity index (χ2v) is 10.6. The molecule has 1 aromatic heterocycles. The van der Waals surface area contributed by atoms with Crippen LogP contribution < -0.4 is 21.5 Å². The van der Waals surface area contributed by atoms with Crippen LogP contribution in [0.15, 0.2) is 71.8 Å². The lowest BCUT2D eigenvalue weighted by Gasteiger charge is -2.31. The molecule has 1 amide bonds. The molecule has 0 saturated carbocycles. The number of carbonyl (C=O) groups excluding carboxylic acids is 1. The number of hydrogen-bond donors (Lipinski definition) is 4. The van der Waals surface area contributed by atoms with Crippen LogP contribution in [0.3, 0.4) is 0 Å². The van der Waals surface area contributed by atoms with Crippen molar-refractivity contribution in [2.24, 2.45) is 0 Å². The minimum absolute atomic E-state index is 0.110. The Kier molecular flexibility index (Phi) is 7.74. The van der Waals surface area contributed by atoms with E-state index in [2.05, 4.69) is 10.3 Å². The number of carbonyl (C=O) groups is 1. The van der Waals surface area contributed by atoms with Crippen molar-refractivity contribution in [3.8, 4) is 5.75 Å². The number of nitrogens with one attached hydrogen (secondary N) is 1. The molecule has 5 rings (SSSR count). The second-order valence-electron chi connectivity index (χ2n) is 9.59. The summed E-state index contributed by atoms with van der Waals surface area (Å²) in [5, 5.41) is 4.77. The molecular formula is C29H30FN5O4S. The number of thiol groups is 1. The van der Waals surface area contributed by atoms with E-state index in [1.165, 1.54) is 30.3 Å². The smallest absolute Gasteiger partial charge is 0.250 e. The molecule has 208 valence electrons. The molecule has 9 nitrogen and oxygen atoms in total. The molecule has 1 aliphatic rings. The molecule has 1 saturated heterocycles. The monoisotopic (exact) mass is 563 g/mol. The molecule has 40 heavy (non-hydrogen) atoms. The van der Waals surface area contributed by atoms with E-state index in [-0.39, 0.29) is 10.5 Å². The largest absolute Gasteiger partial charge is 0.494 e. The van der Waals surface area contributed by atoms with E-state index in [9.17, 15) is 13.2 Å². The summed E-state index contributed by atoms with van der Waals surface area (Å²) < 4.78 is 45.1. The van der Waals surface area contributed by atoms with Crippen LogP contribution in [0.1, 0.15) is 43.0 Å². The minimum Gasteiger partial charge on any atom is -0.494 e. The van der Waals surface area contributed by atoms with Crippen molar-refractivity contribution in [3.05, 3.63) is 83.8 Å². The van der Waals surface area contributed by atoms with Gasteiger partial charge in [0.15, 0.2) is 10.7 Å². The Labute approximate surface area is 232 Å². The minimum atomic E-state index is -2.92. The molecule has 1 aliphatic heterocycles. The van der Waals surface area contributed by atoms with E-state index in [0.29, 0.717) is 54.5 Å². The standard InChI is InChI=1S/C29H30FN5O4S/c1-2-39-20-7-9-24(30)22(16-20)27(34-19-6-8-21-17(14-19)11-12-33-28(21)32)29(36)35-13-3-4-25(35)23-15-18(31)5-10-26(23)40(37)38/h5-12,14-16,25,27,34,40H,2-4,13,31H2,1H3,(H2,32,33)/t25-,27-/m1/s1. The third kappa shape index (κ3) is 5.37. The number of benzene rings is 3. The van der Waals surface area contributed by atoms with Crippen LogP contribution >= 0.6 is 0 Å². The fraction of sp³-hybridized carbons (Fsp3) is 0.241. The topological polar surface area (TPSA) is 141 Å². The fourth-order valence-electron chi connectivity index (χ4n) is 5.26. The van der Waals surface area contributed by atoms with Crippen molar-refractivity contribution in [1.29, 1.82) is 0 Å². The molecule has 0 unspecified atom stereocenters. The van der Waals surface area contributed by atoms with Crippen LogP contribution in [-0.4, -0.2) is 37.4 Å². The number of halogens is 1. The molecule has 5 N–H and O–H groups in total. The number of ether oxygens (including phenoxy) is 1. The van der Waals surface area contributed by atoms with E-state index < -0.39 is 34.5 Å². The Morgan fingerprint density at radius 1 is 1.15 bits per heavy atom. The number of nitrogens with zero attached hydrogens (tertiary/aromatic N) is 2. The van der Waals surface area contributed by atoms with Gasteiger partial charge in [-0.1, -0.05) is 0 Å². The predicted octanol–water partition coefficient (Wildman–Crippen LogP) is 4.42. The lowest BCUT2D eigenvalue weighted by molar-refractivity contribution is -0.133. The summed E-state index contributed by atoms with van der Waals surface area (Å²) in [6.07, 6.45) is 2.78. The zero-order valence-corrected chi connectivity index (χ0v) is 22.7. The predicted molar refractivity (Wildman–Crippen MR) is 153 cm³/mol. The number of nitrogens with two attached hydrogens (primary N) is 2. The molecule has 2 heterocycles. The summed E-state index contributed by atoms with van der Waals surface area (Å²) in [5.41, 5.74) is 13.5. The number of hydrogen-bond acceptors (Lipinski definition) is 8. The summed E-state index contributed by atoms with van der Waals surface area (Å²) in [7, 11) is -2.92. The normalized spacial score (nSPS) is 15.9. The molecule has 0 bridgehead atoms. The lowest BCUT2D eigenvalue weighted by Crippen LogP contribution is -2.38. The molecular weight excluding hydrogens is 533 g/mol. The average molecular weight is 564 g/mol. The van der Waals surface area contributed by atoms with E-state index in [4.69, 9.17) is 16.2 Å². The van der Waals surface area contributed by atoms with Crippen LogP contribution in [0, 0.1) is 5.82 Å². The van der Waals surface area contributed by atoms with Crippen molar-refractivity contribution in [2.45, 2.75) is 36.7 Å². The first-order chi connectivity index (χ1) is 19.3. The van der Waals surface area contributed by atoms with E-state index in [0.717, 1.165) is 10.8 Å². The highest BCUT2D eigenvalue weighted by Crippen LogP contribution is 2.39. The fourth-order valence-corrected chi connectivity index (χ4v) is 5.88. The number of fused-ring (bicyclic) bond motifs is 1. The molecule has 0 spiro atoms. The van der Waals surface area contributed by atoms with Gasteiger partial charge in [0.05, 0.1) is 17.5 Å². The maximum absolute atomic E-state index is 15.4. The first-order valence-electron chi connectivity index (χ1n) is 12.9. The van der Waals surface area contributed by atoms with Crippen molar-refractivity contribution in [2.75, 3.05) is 29.9 Å². The molecule has 4 aromatic rings. The van der Waals surface area contributed by atoms with Crippen molar-refractivity contribution >= 4 is 44.6 Å². The third-order valence-corrected chi connectivity index (χ3v) is 7.89. The maximum atomic E-state index is 15.4. The van der Waals surface area contributed by atoms with E-state index >= 15 is 4.39 Å². The van der Waals surface area contributed by atoms with E-state index in [1.807, 2.05) is 13.0 Å². The summed E-state index contributed by atoms with van der Waals surface area (Å²) in [6.45, 7) is 2.56. The van der Waals surface area contributed by atoms with Gasteiger partial charge in [-0.25, -0.2) is 17.8 Å². The summed E-state index contributed by atoms with van der Waals surface area (Å²) >= 11 is 0. The van der Waals surface area contributed by atoms with Gasteiger partial charge in [-0.05, 0) is 91.4 Å². The number of rotatable bonds is 8. The Bertz CT molecular complexity index is 1650. The van der Waals surface area contributed by atoms with Gasteiger partial charge in [-0.3, -0.25) is 4.79 Å². The lowest BCUT2D eigenvalue weighted by atomic mass is 10.00. The van der Waals surface area contributed by atoms with Gasteiger partial charge < -0.3 is 26.4 Å². The van der Waals surface area contributed by atoms with Gasteiger partial charge in [0, 0.05) is 35.1 Å². The van der Waals surface area contributed by atoms with Crippen LogP contribution in [0.2, 0.25) is 0 Å². The Hall–Kier alpha value is -4.38. The van der Waals surface area contributed by atoms with Crippen molar-refractivity contribution in [1.82, 2.24) is 9.88 Å². The molecule has 0 radical (unpaired) electrons. The van der Waals surface area contributed by atoms with Crippen LogP contribution in [0.25, 0.3) is 10.8 Å². The number of pyridine rings is 1. The second kappa shape index (κ2) is 11.4. The summed E-state index contributed by atoms with van der Waals surface area (Å²) in [6, 6.07) is 14.4. The van der Waals surface area contributed by atoms with Crippen molar-refractivity contribution < 1.29 is 22.3 Å².